The summed E-state index contributed by atoms with van der Waals surface area (Å²) in [6.45, 7) is 4.29. The fourth-order valence-corrected chi connectivity index (χ4v) is 4.15. The predicted molar refractivity (Wildman–Crippen MR) is 136 cm³/mol. The zero-order valence-electron chi connectivity index (χ0n) is 21.0. The van der Waals surface area contributed by atoms with Crippen LogP contribution in [0.4, 0.5) is 4.39 Å². The van der Waals surface area contributed by atoms with E-state index in [1.54, 1.807) is 71.7 Å². The summed E-state index contributed by atoms with van der Waals surface area (Å²) in [4.78, 5) is 32.5. The van der Waals surface area contributed by atoms with Crippen molar-refractivity contribution in [1.82, 2.24) is 14.7 Å². The Bertz CT molecular complexity index is 1130. The average Bonchev–Trinajstić information content (AvgIpc) is 3.45. The van der Waals surface area contributed by atoms with Gasteiger partial charge in [0, 0.05) is 38.3 Å². The zero-order valence-corrected chi connectivity index (χ0v) is 21.0. The molecule has 0 saturated carbocycles. The van der Waals surface area contributed by atoms with Crippen molar-refractivity contribution >= 4 is 11.8 Å². The van der Waals surface area contributed by atoms with Crippen molar-refractivity contribution < 1.29 is 27.9 Å². The minimum Gasteiger partial charge on any atom is -0.497 e. The number of carbonyl (C=O) groups excluding carboxylic acids is 2. The Morgan fingerprint density at radius 3 is 2.35 bits per heavy atom. The van der Waals surface area contributed by atoms with Gasteiger partial charge >= 0.3 is 0 Å². The molecule has 0 spiro atoms. The van der Waals surface area contributed by atoms with E-state index >= 15 is 0 Å². The zero-order chi connectivity index (χ0) is 26.0. The van der Waals surface area contributed by atoms with Crippen LogP contribution in [0.1, 0.15) is 21.7 Å². The highest BCUT2D eigenvalue weighted by Gasteiger charge is 2.24. The van der Waals surface area contributed by atoms with Crippen molar-refractivity contribution in [2.75, 3.05) is 53.0 Å². The summed E-state index contributed by atoms with van der Waals surface area (Å²) < 4.78 is 29.6. The molecule has 2 heterocycles. The van der Waals surface area contributed by atoms with Gasteiger partial charge in [-0.1, -0.05) is 12.1 Å². The first-order valence-electron chi connectivity index (χ1n) is 12.3. The lowest BCUT2D eigenvalue weighted by Crippen LogP contribution is -2.47. The number of furan rings is 1. The molecule has 0 radical (unpaired) electrons. The van der Waals surface area contributed by atoms with Crippen molar-refractivity contribution in [1.29, 1.82) is 0 Å². The molecule has 0 N–H and O–H groups in total. The van der Waals surface area contributed by atoms with E-state index < -0.39 is 0 Å². The van der Waals surface area contributed by atoms with Crippen molar-refractivity contribution in [3.05, 3.63) is 89.6 Å². The van der Waals surface area contributed by atoms with E-state index in [0.717, 1.165) is 18.7 Å². The predicted octanol–water partition coefficient (Wildman–Crippen LogP) is 3.43. The molecule has 2 aromatic carbocycles. The molecule has 1 fully saturated rings. The lowest BCUT2D eigenvalue weighted by molar-refractivity contribution is -0.133. The van der Waals surface area contributed by atoms with Gasteiger partial charge in [-0.3, -0.25) is 14.5 Å². The van der Waals surface area contributed by atoms with Crippen LogP contribution < -0.4 is 4.74 Å². The molecule has 196 valence electrons. The molecule has 1 aliphatic heterocycles. The number of methoxy groups -OCH3 is 1. The van der Waals surface area contributed by atoms with Crippen LogP contribution in [0.5, 0.6) is 5.75 Å². The van der Waals surface area contributed by atoms with Crippen LogP contribution >= 0.6 is 0 Å². The van der Waals surface area contributed by atoms with Gasteiger partial charge in [-0.15, -0.1) is 0 Å². The number of morpholine rings is 1. The quantitative estimate of drug-likeness (QED) is 0.394. The second-order valence-electron chi connectivity index (χ2n) is 8.86. The minimum atomic E-state index is -0.341. The third kappa shape index (κ3) is 7.65. The number of amides is 2. The maximum Gasteiger partial charge on any atom is 0.254 e. The van der Waals surface area contributed by atoms with Crippen LogP contribution in [0.3, 0.4) is 0 Å². The summed E-state index contributed by atoms with van der Waals surface area (Å²) in [6.07, 6.45) is 1.55. The van der Waals surface area contributed by atoms with Crippen LogP contribution in [0.25, 0.3) is 0 Å². The Morgan fingerprint density at radius 1 is 0.973 bits per heavy atom. The second-order valence-corrected chi connectivity index (χ2v) is 8.86. The average molecular weight is 510 g/mol. The summed E-state index contributed by atoms with van der Waals surface area (Å²) in [5, 5.41) is 0. The number of carbonyl (C=O) groups is 2. The largest absolute Gasteiger partial charge is 0.497 e. The monoisotopic (exact) mass is 509 g/mol. The van der Waals surface area contributed by atoms with E-state index in [0.29, 0.717) is 43.4 Å². The Morgan fingerprint density at radius 2 is 1.70 bits per heavy atom. The van der Waals surface area contributed by atoms with Crippen LogP contribution in [0.2, 0.25) is 0 Å². The summed E-state index contributed by atoms with van der Waals surface area (Å²) in [6, 6.07) is 16.5. The van der Waals surface area contributed by atoms with Gasteiger partial charge in [0.2, 0.25) is 5.91 Å². The van der Waals surface area contributed by atoms with Crippen LogP contribution in [0, 0.1) is 5.82 Å². The molecule has 0 atom stereocenters. The summed E-state index contributed by atoms with van der Waals surface area (Å²) in [5.74, 6) is 0.466. The third-order valence-electron chi connectivity index (χ3n) is 6.31. The molecule has 8 nitrogen and oxygen atoms in total. The highest BCUT2D eigenvalue weighted by atomic mass is 19.1. The Balaban J connectivity index is 1.52. The summed E-state index contributed by atoms with van der Waals surface area (Å²) >= 11 is 0. The van der Waals surface area contributed by atoms with Crippen molar-refractivity contribution in [2.24, 2.45) is 0 Å². The lowest BCUT2D eigenvalue weighted by atomic mass is 10.1. The molecule has 1 aromatic heterocycles. The van der Waals surface area contributed by atoms with Gasteiger partial charge in [0.25, 0.3) is 5.91 Å². The van der Waals surface area contributed by atoms with E-state index in [1.165, 1.54) is 12.1 Å². The van der Waals surface area contributed by atoms with Gasteiger partial charge in [0.15, 0.2) is 0 Å². The number of benzene rings is 2. The first-order chi connectivity index (χ1) is 18.0. The Labute approximate surface area is 216 Å². The van der Waals surface area contributed by atoms with Gasteiger partial charge in [-0.2, -0.15) is 0 Å². The van der Waals surface area contributed by atoms with E-state index in [2.05, 4.69) is 4.90 Å². The smallest absolute Gasteiger partial charge is 0.254 e. The first-order valence-corrected chi connectivity index (χ1v) is 12.3. The molecule has 1 aliphatic rings. The highest BCUT2D eigenvalue weighted by molar-refractivity contribution is 5.96. The van der Waals surface area contributed by atoms with Crippen molar-refractivity contribution in [2.45, 2.75) is 13.1 Å². The van der Waals surface area contributed by atoms with E-state index in [1.807, 2.05) is 0 Å². The van der Waals surface area contributed by atoms with Crippen LogP contribution in [-0.2, 0) is 22.6 Å². The second kappa shape index (κ2) is 13.0. The molecular weight excluding hydrogens is 477 g/mol. The normalized spacial score (nSPS) is 13.8. The number of hydrogen-bond donors (Lipinski definition) is 0. The molecule has 0 unspecified atom stereocenters. The molecule has 1 saturated heterocycles. The van der Waals surface area contributed by atoms with Crippen LogP contribution in [-0.4, -0.2) is 79.6 Å². The summed E-state index contributed by atoms with van der Waals surface area (Å²) in [5.41, 5.74) is 1.26. The fraction of sp³-hybridized carbons (Fsp3) is 0.357. The number of nitrogens with zero attached hydrogens (tertiary/aromatic N) is 3. The van der Waals surface area contributed by atoms with Gasteiger partial charge < -0.3 is 23.7 Å². The summed E-state index contributed by atoms with van der Waals surface area (Å²) in [7, 11) is 1.57. The fourth-order valence-electron chi connectivity index (χ4n) is 4.15. The van der Waals surface area contributed by atoms with Gasteiger partial charge in [-0.05, 0) is 54.1 Å². The third-order valence-corrected chi connectivity index (χ3v) is 6.31. The molecular formula is C28H32FN3O5. The molecule has 2 amide bonds. The van der Waals surface area contributed by atoms with Gasteiger partial charge in [0.1, 0.15) is 23.9 Å². The maximum atomic E-state index is 13.6. The minimum absolute atomic E-state index is 0.100. The molecule has 9 heteroatoms. The molecule has 3 aromatic rings. The molecule has 37 heavy (non-hydrogen) atoms. The maximum absolute atomic E-state index is 13.6. The molecule has 4 rings (SSSR count). The van der Waals surface area contributed by atoms with Crippen molar-refractivity contribution in [3.8, 4) is 5.75 Å². The Hall–Kier alpha value is -3.69. The van der Waals surface area contributed by atoms with E-state index in [-0.39, 0.29) is 37.3 Å². The highest BCUT2D eigenvalue weighted by Crippen LogP contribution is 2.16. The number of hydrogen-bond acceptors (Lipinski definition) is 6. The standard InChI is InChI=1S/C28H32FN3O5/c1-35-25-10-6-23(7-11-25)28(34)31(13-12-30-14-17-36-18-15-30)21-27(33)32(20-26-3-2-16-37-26)19-22-4-8-24(29)9-5-22/h2-11,16H,12-15,17-21H2,1H3. The van der Waals surface area contributed by atoms with E-state index in [9.17, 15) is 14.0 Å². The number of ether oxygens (including phenoxy) is 2. The molecule has 0 bridgehead atoms. The Kier molecular flexibility index (Phi) is 9.29. The topological polar surface area (TPSA) is 75.5 Å². The van der Waals surface area contributed by atoms with Crippen LogP contribution in [0.15, 0.2) is 71.3 Å². The van der Waals surface area contributed by atoms with Crippen molar-refractivity contribution in [3.63, 3.8) is 0 Å². The van der Waals surface area contributed by atoms with Gasteiger partial charge in [-0.25, -0.2) is 4.39 Å². The number of rotatable bonds is 11. The SMILES string of the molecule is COc1ccc(C(=O)N(CCN2CCOCC2)CC(=O)N(Cc2ccc(F)cc2)Cc2ccco2)cc1. The first kappa shape index (κ1) is 26.4. The molecule has 0 aliphatic carbocycles. The lowest BCUT2D eigenvalue weighted by Gasteiger charge is -2.31. The van der Waals surface area contributed by atoms with Gasteiger partial charge in [0.05, 0.1) is 33.1 Å². The number of halogens is 1. The van der Waals surface area contributed by atoms with E-state index in [4.69, 9.17) is 13.9 Å².